The highest BCUT2D eigenvalue weighted by atomic mass is 15.1. The summed E-state index contributed by atoms with van der Waals surface area (Å²) in [6.07, 6.45) is 2.46. The van der Waals surface area contributed by atoms with Crippen LogP contribution in [0.15, 0.2) is 48.7 Å². The number of nitrogen functional groups attached to an aromatic ring is 2. The van der Waals surface area contributed by atoms with Crippen molar-refractivity contribution >= 4 is 56.5 Å². The van der Waals surface area contributed by atoms with Crippen LogP contribution >= 0.6 is 0 Å². The number of anilines is 4. The van der Waals surface area contributed by atoms with Gasteiger partial charge in [-0.05, 0) is 98.2 Å². The van der Waals surface area contributed by atoms with Crippen LogP contribution in [0.2, 0.25) is 0 Å². The average molecular weight is 625 g/mol. The maximum atomic E-state index is 6.60. The molecule has 0 radical (unpaired) electrons. The lowest BCUT2D eigenvalue weighted by molar-refractivity contribution is 1.03. The molecule has 12 nitrogen and oxygen atoms in total. The largest absolute Gasteiger partial charge is 0.383 e. The average Bonchev–Trinajstić information content (AvgIpc) is 3.50. The van der Waals surface area contributed by atoms with Crippen molar-refractivity contribution in [2.24, 2.45) is 0 Å². The second-order valence-electron chi connectivity index (χ2n) is 12.1. The molecule has 0 saturated heterocycles. The summed E-state index contributed by atoms with van der Waals surface area (Å²) in [7, 11) is 0. The van der Waals surface area contributed by atoms with Crippen molar-refractivity contribution in [3.8, 4) is 0 Å². The first-order chi connectivity index (χ1) is 22.6. The van der Waals surface area contributed by atoms with E-state index in [0.717, 1.165) is 55.3 Å². The van der Waals surface area contributed by atoms with E-state index in [1.54, 1.807) is 0 Å². The Labute approximate surface area is 271 Å². The molecule has 0 spiro atoms. The fourth-order valence-electron chi connectivity index (χ4n) is 6.23. The molecule has 0 amide bonds. The molecule has 0 bridgehead atoms. The zero-order valence-electron chi connectivity index (χ0n) is 27.0. The SMILES string of the molecule is Cc1cc(C)c2c(N)nc(NCc3cc(C)c(C)c(Cc4cc(C)nc5nc(NCc6cccc7[nH]ncc67)nc(N)c45)c3)nc2n1. The van der Waals surface area contributed by atoms with Crippen molar-refractivity contribution in [1.82, 2.24) is 40.1 Å². The van der Waals surface area contributed by atoms with E-state index in [4.69, 9.17) is 21.4 Å². The number of aryl methyl sites for hydroxylation is 4. The lowest BCUT2D eigenvalue weighted by Crippen LogP contribution is -2.09. The van der Waals surface area contributed by atoms with Crippen molar-refractivity contribution in [2.75, 3.05) is 22.1 Å². The standard InChI is InChI=1S/C35H36N12/c1-17-10-22(14-38-34-43-30(36)28-18(2)9-19(3)41-32(28)45-34)12-24(21(17)5)13-25-11-20(4)42-33-29(25)31(37)44-35(46-33)39-15-23-7-6-8-27-26(23)16-40-47-27/h6-12,16H,13-15H2,1-5H3,(H,40,47)(H3,36,38,41,43,45)(H3,37,39,42,44,46). The van der Waals surface area contributed by atoms with Crippen LogP contribution in [-0.4, -0.2) is 40.1 Å². The maximum Gasteiger partial charge on any atom is 0.226 e. The molecule has 12 heteroatoms. The summed E-state index contributed by atoms with van der Waals surface area (Å²) in [5.74, 6) is 1.67. The summed E-state index contributed by atoms with van der Waals surface area (Å²) in [6.45, 7) is 11.2. The predicted octanol–water partition coefficient (Wildman–Crippen LogP) is 5.76. The van der Waals surface area contributed by atoms with Gasteiger partial charge in [-0.2, -0.15) is 25.0 Å². The number of H-pyrrole nitrogens is 1. The van der Waals surface area contributed by atoms with Gasteiger partial charge in [0.1, 0.15) is 11.6 Å². The van der Waals surface area contributed by atoms with Gasteiger partial charge in [0.05, 0.1) is 22.5 Å². The van der Waals surface area contributed by atoms with Crippen molar-refractivity contribution in [3.05, 3.63) is 99.0 Å². The summed E-state index contributed by atoms with van der Waals surface area (Å²) in [5.41, 5.74) is 24.6. The zero-order valence-corrected chi connectivity index (χ0v) is 27.0. The molecule has 0 aliphatic carbocycles. The van der Waals surface area contributed by atoms with Crippen molar-refractivity contribution in [3.63, 3.8) is 0 Å². The van der Waals surface area contributed by atoms with Crippen LogP contribution in [0.25, 0.3) is 33.0 Å². The number of pyridine rings is 2. The number of fused-ring (bicyclic) bond motifs is 3. The normalized spacial score (nSPS) is 11.5. The number of aromatic amines is 1. The summed E-state index contributed by atoms with van der Waals surface area (Å²) < 4.78 is 0. The van der Waals surface area contributed by atoms with Crippen LogP contribution < -0.4 is 22.1 Å². The number of hydrogen-bond acceptors (Lipinski definition) is 11. The van der Waals surface area contributed by atoms with Gasteiger partial charge in [0.15, 0.2) is 11.3 Å². The third-order valence-corrected chi connectivity index (χ3v) is 8.60. The van der Waals surface area contributed by atoms with E-state index < -0.39 is 0 Å². The number of nitrogens with zero attached hydrogens (tertiary/aromatic N) is 7. The Balaban J connectivity index is 1.15. The third kappa shape index (κ3) is 5.81. The molecule has 7 N–H and O–H groups in total. The minimum absolute atomic E-state index is 0.388. The Morgan fingerprint density at radius 1 is 0.660 bits per heavy atom. The maximum absolute atomic E-state index is 6.60. The van der Waals surface area contributed by atoms with Gasteiger partial charge in [0, 0.05) is 29.9 Å². The summed E-state index contributed by atoms with van der Waals surface area (Å²) in [6, 6.07) is 14.5. The molecule has 0 aliphatic heterocycles. The van der Waals surface area contributed by atoms with Gasteiger partial charge in [0.25, 0.3) is 0 Å². The molecular weight excluding hydrogens is 588 g/mol. The molecule has 5 heterocycles. The third-order valence-electron chi connectivity index (χ3n) is 8.60. The quantitative estimate of drug-likeness (QED) is 0.139. The highest BCUT2D eigenvalue weighted by Gasteiger charge is 2.16. The molecule has 7 rings (SSSR count). The van der Waals surface area contributed by atoms with Crippen LogP contribution in [-0.2, 0) is 19.5 Å². The van der Waals surface area contributed by atoms with Gasteiger partial charge in [-0.25, -0.2) is 9.97 Å². The molecular formula is C35H36N12. The molecule has 47 heavy (non-hydrogen) atoms. The molecule has 0 unspecified atom stereocenters. The minimum atomic E-state index is 0.388. The van der Waals surface area contributed by atoms with E-state index in [9.17, 15) is 0 Å². The zero-order chi connectivity index (χ0) is 32.8. The van der Waals surface area contributed by atoms with E-state index in [1.807, 2.05) is 51.2 Å². The van der Waals surface area contributed by atoms with E-state index in [0.29, 0.717) is 54.3 Å². The van der Waals surface area contributed by atoms with E-state index >= 15 is 0 Å². The number of aromatic nitrogens is 8. The van der Waals surface area contributed by atoms with Crippen LogP contribution in [0.3, 0.4) is 0 Å². The molecule has 2 aromatic carbocycles. The predicted molar refractivity (Wildman–Crippen MR) is 187 cm³/mol. The molecule has 0 fully saturated rings. The Kier molecular flexibility index (Phi) is 7.47. The van der Waals surface area contributed by atoms with E-state index in [1.165, 1.54) is 16.7 Å². The number of hydrogen-bond donors (Lipinski definition) is 5. The highest BCUT2D eigenvalue weighted by molar-refractivity contribution is 5.91. The van der Waals surface area contributed by atoms with Crippen LogP contribution in [0.1, 0.15) is 50.3 Å². The number of nitrogens with two attached hydrogens (primary N) is 2. The van der Waals surface area contributed by atoms with Gasteiger partial charge in [-0.3, -0.25) is 5.10 Å². The Morgan fingerprint density at radius 3 is 2.11 bits per heavy atom. The molecule has 0 saturated carbocycles. The topological polar surface area (TPSA) is 182 Å². The first kappa shape index (κ1) is 29.8. The van der Waals surface area contributed by atoms with Gasteiger partial charge in [-0.15, -0.1) is 0 Å². The van der Waals surface area contributed by atoms with Gasteiger partial charge in [-0.1, -0.05) is 24.3 Å². The summed E-state index contributed by atoms with van der Waals surface area (Å²) in [5, 5.41) is 16.4. The highest BCUT2D eigenvalue weighted by Crippen LogP contribution is 2.29. The molecule has 236 valence electrons. The second-order valence-corrected chi connectivity index (χ2v) is 12.1. The molecule has 0 aliphatic rings. The van der Waals surface area contributed by atoms with Gasteiger partial charge >= 0.3 is 0 Å². The fourth-order valence-corrected chi connectivity index (χ4v) is 6.23. The number of nitrogens with one attached hydrogen (secondary N) is 3. The summed E-state index contributed by atoms with van der Waals surface area (Å²) >= 11 is 0. The number of benzene rings is 2. The van der Waals surface area contributed by atoms with Crippen molar-refractivity contribution < 1.29 is 0 Å². The van der Waals surface area contributed by atoms with Gasteiger partial charge in [0.2, 0.25) is 11.9 Å². The minimum Gasteiger partial charge on any atom is -0.383 e. The van der Waals surface area contributed by atoms with Crippen LogP contribution in [0.4, 0.5) is 23.5 Å². The molecule has 7 aromatic rings. The van der Waals surface area contributed by atoms with Crippen LogP contribution in [0, 0.1) is 34.6 Å². The van der Waals surface area contributed by atoms with Crippen LogP contribution in [0.5, 0.6) is 0 Å². The van der Waals surface area contributed by atoms with Crippen molar-refractivity contribution in [1.29, 1.82) is 0 Å². The van der Waals surface area contributed by atoms with Gasteiger partial charge < -0.3 is 22.1 Å². The second kappa shape index (κ2) is 11.8. The van der Waals surface area contributed by atoms with Crippen molar-refractivity contribution in [2.45, 2.75) is 54.1 Å². The van der Waals surface area contributed by atoms with E-state index in [2.05, 4.69) is 72.8 Å². The lowest BCUT2D eigenvalue weighted by Gasteiger charge is -2.16. The van der Waals surface area contributed by atoms with E-state index in [-0.39, 0.29) is 0 Å². The first-order valence-corrected chi connectivity index (χ1v) is 15.5. The molecule has 5 aromatic heterocycles. The Bertz CT molecular complexity index is 2330. The smallest absolute Gasteiger partial charge is 0.226 e. The number of rotatable bonds is 8. The molecule has 0 atom stereocenters. The monoisotopic (exact) mass is 624 g/mol. The fraction of sp³-hybridized carbons (Fsp3) is 0.229. The first-order valence-electron chi connectivity index (χ1n) is 15.5. The Hall–Kier alpha value is -5.91. The lowest BCUT2D eigenvalue weighted by atomic mass is 9.93. The summed E-state index contributed by atoms with van der Waals surface area (Å²) in [4.78, 5) is 27.9. The Morgan fingerprint density at radius 2 is 1.34 bits per heavy atom.